The van der Waals surface area contributed by atoms with Crippen molar-refractivity contribution < 1.29 is 4.74 Å². The zero-order chi connectivity index (χ0) is 14.2. The number of benzene rings is 1. The molecule has 0 aromatic heterocycles. The van der Waals surface area contributed by atoms with E-state index in [4.69, 9.17) is 4.74 Å². The summed E-state index contributed by atoms with van der Waals surface area (Å²) in [5.41, 5.74) is 2.91. The average molecular weight is 275 g/mol. The summed E-state index contributed by atoms with van der Waals surface area (Å²) in [6.07, 6.45) is 5.95. The number of rotatable bonds is 7. The summed E-state index contributed by atoms with van der Waals surface area (Å²) in [5, 5.41) is 3.75. The van der Waals surface area contributed by atoms with Gasteiger partial charge in [0, 0.05) is 19.3 Å². The van der Waals surface area contributed by atoms with Crippen molar-refractivity contribution in [2.75, 3.05) is 19.8 Å². The third-order valence-electron chi connectivity index (χ3n) is 4.23. The summed E-state index contributed by atoms with van der Waals surface area (Å²) >= 11 is 0. The van der Waals surface area contributed by atoms with E-state index in [1.165, 1.54) is 43.2 Å². The van der Waals surface area contributed by atoms with Crippen LogP contribution < -0.4 is 5.32 Å². The zero-order valence-electron chi connectivity index (χ0n) is 13.0. The highest BCUT2D eigenvalue weighted by molar-refractivity contribution is 5.25. The van der Waals surface area contributed by atoms with Crippen LogP contribution in [0.1, 0.15) is 56.7 Å². The number of nitrogens with one attached hydrogen (secondary N) is 1. The molecule has 112 valence electrons. The van der Waals surface area contributed by atoms with Gasteiger partial charge in [-0.3, -0.25) is 0 Å². The molecule has 1 fully saturated rings. The molecule has 20 heavy (non-hydrogen) atoms. The van der Waals surface area contributed by atoms with E-state index in [0.717, 1.165) is 19.8 Å². The highest BCUT2D eigenvalue weighted by Crippen LogP contribution is 2.30. The van der Waals surface area contributed by atoms with Crippen molar-refractivity contribution in [3.05, 3.63) is 35.4 Å². The Balaban J connectivity index is 2.07. The van der Waals surface area contributed by atoms with Crippen LogP contribution in [0.3, 0.4) is 0 Å². The van der Waals surface area contributed by atoms with Gasteiger partial charge in [-0.05, 0) is 49.3 Å². The van der Waals surface area contributed by atoms with E-state index >= 15 is 0 Å². The first-order chi connectivity index (χ1) is 9.85. The van der Waals surface area contributed by atoms with Crippen LogP contribution in [-0.4, -0.2) is 19.8 Å². The van der Waals surface area contributed by atoms with Gasteiger partial charge in [-0.15, -0.1) is 0 Å². The van der Waals surface area contributed by atoms with Gasteiger partial charge in [-0.2, -0.15) is 0 Å². The van der Waals surface area contributed by atoms with Gasteiger partial charge in [0.15, 0.2) is 0 Å². The molecule has 1 unspecified atom stereocenters. The lowest BCUT2D eigenvalue weighted by atomic mass is 9.86. The van der Waals surface area contributed by atoms with Crippen molar-refractivity contribution in [2.24, 2.45) is 5.92 Å². The Kier molecular flexibility index (Phi) is 6.55. The number of hydrogen-bond donors (Lipinski definition) is 1. The monoisotopic (exact) mass is 275 g/mol. The van der Waals surface area contributed by atoms with E-state index in [1.807, 2.05) is 0 Å². The predicted octanol–water partition coefficient (Wildman–Crippen LogP) is 4.11. The maximum atomic E-state index is 5.51. The molecule has 1 atom stereocenters. The first-order valence-electron chi connectivity index (χ1n) is 8.25. The van der Waals surface area contributed by atoms with Gasteiger partial charge < -0.3 is 10.1 Å². The molecule has 0 saturated carbocycles. The molecule has 0 amide bonds. The third-order valence-corrected chi connectivity index (χ3v) is 4.23. The van der Waals surface area contributed by atoms with Crippen LogP contribution in [0.4, 0.5) is 0 Å². The molecule has 0 spiro atoms. The van der Waals surface area contributed by atoms with Crippen LogP contribution in [0.25, 0.3) is 0 Å². The fourth-order valence-electron chi connectivity index (χ4n) is 3.09. The Morgan fingerprint density at radius 3 is 2.40 bits per heavy atom. The van der Waals surface area contributed by atoms with Crippen molar-refractivity contribution in [2.45, 2.75) is 52.0 Å². The normalized spacial score (nSPS) is 18.1. The molecule has 1 aromatic carbocycles. The van der Waals surface area contributed by atoms with Crippen molar-refractivity contribution in [3.63, 3.8) is 0 Å². The quantitative estimate of drug-likeness (QED) is 0.808. The zero-order valence-corrected chi connectivity index (χ0v) is 13.0. The standard InChI is InChI=1S/C18H29NO/c1-3-5-15-6-8-16(9-7-15)18(19-12-4-2)17-10-13-20-14-11-17/h6-9,17-19H,3-5,10-14H2,1-2H3. The third kappa shape index (κ3) is 4.32. The molecule has 2 rings (SSSR count). The molecular weight excluding hydrogens is 246 g/mol. The molecular formula is C18H29NO. The van der Waals surface area contributed by atoms with Crippen molar-refractivity contribution in [3.8, 4) is 0 Å². The molecule has 1 heterocycles. The molecule has 0 aliphatic carbocycles. The fourth-order valence-corrected chi connectivity index (χ4v) is 3.09. The van der Waals surface area contributed by atoms with E-state index in [2.05, 4.69) is 43.4 Å². The summed E-state index contributed by atoms with van der Waals surface area (Å²) in [6.45, 7) is 7.41. The Morgan fingerprint density at radius 1 is 1.10 bits per heavy atom. The lowest BCUT2D eigenvalue weighted by Gasteiger charge is -2.31. The SMILES string of the molecule is CCCNC(c1ccc(CCC)cc1)C1CCOCC1. The second-order valence-electron chi connectivity index (χ2n) is 5.87. The topological polar surface area (TPSA) is 21.3 Å². The van der Waals surface area contributed by atoms with Gasteiger partial charge in [0.05, 0.1) is 0 Å². The van der Waals surface area contributed by atoms with Gasteiger partial charge in [-0.1, -0.05) is 44.5 Å². The van der Waals surface area contributed by atoms with Crippen molar-refractivity contribution >= 4 is 0 Å². The first-order valence-corrected chi connectivity index (χ1v) is 8.25. The van der Waals surface area contributed by atoms with Gasteiger partial charge in [-0.25, -0.2) is 0 Å². The van der Waals surface area contributed by atoms with Crippen LogP contribution in [0.2, 0.25) is 0 Å². The van der Waals surface area contributed by atoms with E-state index in [0.29, 0.717) is 12.0 Å². The van der Waals surface area contributed by atoms with Crippen LogP contribution in [0, 0.1) is 5.92 Å². The average Bonchev–Trinajstić information content (AvgIpc) is 2.51. The Bertz CT molecular complexity index is 368. The molecule has 1 aliphatic heterocycles. The Labute approximate surface area is 123 Å². The van der Waals surface area contributed by atoms with Gasteiger partial charge in [0.1, 0.15) is 0 Å². The summed E-state index contributed by atoms with van der Waals surface area (Å²) in [5.74, 6) is 0.715. The predicted molar refractivity (Wildman–Crippen MR) is 85.0 cm³/mol. The smallest absolute Gasteiger partial charge is 0.0469 e. The van der Waals surface area contributed by atoms with E-state index < -0.39 is 0 Å². The minimum absolute atomic E-state index is 0.495. The van der Waals surface area contributed by atoms with E-state index in [9.17, 15) is 0 Å². The maximum Gasteiger partial charge on any atom is 0.0469 e. The highest BCUT2D eigenvalue weighted by Gasteiger charge is 2.24. The van der Waals surface area contributed by atoms with E-state index in [1.54, 1.807) is 0 Å². The molecule has 1 aliphatic rings. The van der Waals surface area contributed by atoms with E-state index in [-0.39, 0.29) is 0 Å². The fraction of sp³-hybridized carbons (Fsp3) is 0.667. The van der Waals surface area contributed by atoms with Gasteiger partial charge >= 0.3 is 0 Å². The number of aryl methyl sites for hydroxylation is 1. The minimum atomic E-state index is 0.495. The summed E-state index contributed by atoms with van der Waals surface area (Å²) in [6, 6.07) is 9.76. The molecule has 1 saturated heterocycles. The van der Waals surface area contributed by atoms with Crippen LogP contribution in [0.5, 0.6) is 0 Å². The molecule has 1 N–H and O–H groups in total. The molecule has 0 radical (unpaired) electrons. The van der Waals surface area contributed by atoms with Gasteiger partial charge in [0.2, 0.25) is 0 Å². The molecule has 2 heteroatoms. The second-order valence-corrected chi connectivity index (χ2v) is 5.87. The van der Waals surface area contributed by atoms with Crippen LogP contribution in [-0.2, 0) is 11.2 Å². The number of ether oxygens (including phenoxy) is 1. The first kappa shape index (κ1) is 15.5. The minimum Gasteiger partial charge on any atom is -0.381 e. The summed E-state index contributed by atoms with van der Waals surface area (Å²) in [4.78, 5) is 0. The summed E-state index contributed by atoms with van der Waals surface area (Å²) in [7, 11) is 0. The Morgan fingerprint density at radius 2 is 1.80 bits per heavy atom. The Hall–Kier alpha value is -0.860. The lowest BCUT2D eigenvalue weighted by Crippen LogP contribution is -2.32. The molecule has 0 bridgehead atoms. The highest BCUT2D eigenvalue weighted by atomic mass is 16.5. The number of hydrogen-bond acceptors (Lipinski definition) is 2. The summed E-state index contributed by atoms with van der Waals surface area (Å²) < 4.78 is 5.51. The van der Waals surface area contributed by atoms with Crippen molar-refractivity contribution in [1.29, 1.82) is 0 Å². The molecule has 2 nitrogen and oxygen atoms in total. The maximum absolute atomic E-state index is 5.51. The van der Waals surface area contributed by atoms with Crippen LogP contribution in [0.15, 0.2) is 24.3 Å². The molecule has 1 aromatic rings. The largest absolute Gasteiger partial charge is 0.381 e. The van der Waals surface area contributed by atoms with Crippen LogP contribution >= 0.6 is 0 Å². The second kappa shape index (κ2) is 8.43. The van der Waals surface area contributed by atoms with Crippen molar-refractivity contribution in [1.82, 2.24) is 5.32 Å². The lowest BCUT2D eigenvalue weighted by molar-refractivity contribution is 0.0536. The van der Waals surface area contributed by atoms with Gasteiger partial charge in [0.25, 0.3) is 0 Å².